The van der Waals surface area contributed by atoms with Gasteiger partial charge in [-0.2, -0.15) is 0 Å². The Morgan fingerprint density at radius 3 is 2.37 bits per heavy atom. The number of fused-ring (bicyclic) bond motifs is 1. The summed E-state index contributed by atoms with van der Waals surface area (Å²) in [5.74, 6) is -1.95. The first-order valence-electron chi connectivity index (χ1n) is 24.3. The highest BCUT2D eigenvalue weighted by atomic mass is 32.2. The Kier molecular flexibility index (Phi) is 19.2. The zero-order chi connectivity index (χ0) is 49.1. The first-order valence-corrected chi connectivity index (χ1v) is 25.8. The largest absolute Gasteiger partial charge is 0.478 e. The minimum Gasteiger partial charge on any atom is -0.478 e. The van der Waals surface area contributed by atoms with Gasteiger partial charge in [-0.05, 0) is 141 Å². The predicted octanol–water partition coefficient (Wildman–Crippen LogP) is 7.76. The van der Waals surface area contributed by atoms with Crippen molar-refractivity contribution in [1.82, 2.24) is 15.1 Å². The highest BCUT2D eigenvalue weighted by Crippen LogP contribution is 2.59. The Morgan fingerprint density at radius 2 is 1.75 bits per heavy atom. The van der Waals surface area contributed by atoms with Crippen molar-refractivity contribution in [2.24, 2.45) is 17.8 Å². The second kappa shape index (κ2) is 23.9. The summed E-state index contributed by atoms with van der Waals surface area (Å²) in [5, 5.41) is 12.8. The van der Waals surface area contributed by atoms with E-state index in [0.29, 0.717) is 31.6 Å². The number of allylic oxidation sites excluding steroid dienone is 1. The van der Waals surface area contributed by atoms with Crippen LogP contribution in [0.4, 0.5) is 5.69 Å². The quantitative estimate of drug-likeness (QED) is 0.0453. The summed E-state index contributed by atoms with van der Waals surface area (Å²) >= 11 is 0. The number of rotatable bonds is 22. The van der Waals surface area contributed by atoms with Crippen LogP contribution < -0.4 is 10.0 Å². The highest BCUT2D eigenvalue weighted by Gasteiger charge is 2.72. The number of methoxy groups -OCH3 is 1. The number of nitrogens with zero attached hydrogens (tertiary/aromatic N) is 2. The van der Waals surface area contributed by atoms with Crippen molar-refractivity contribution in [2.75, 3.05) is 65.3 Å². The number of carboxylic acids is 1. The number of esters is 1. The lowest BCUT2D eigenvalue weighted by Gasteiger charge is -2.42. The Bertz CT molecular complexity index is 2180. The molecule has 7 atom stereocenters. The molecule has 3 N–H and O–H groups in total. The zero-order valence-electron chi connectivity index (χ0n) is 41.7. The van der Waals surface area contributed by atoms with Crippen molar-refractivity contribution < 1.29 is 46.9 Å². The normalized spacial score (nSPS) is 24.7. The maximum absolute atomic E-state index is 13.2. The number of aryl methyl sites for hydroxylation is 1. The molecular formula is C52H78N4O10S. The number of hydrogen-bond acceptors (Lipinski definition) is 11. The minimum absolute atomic E-state index is 0.0157. The molecule has 2 aliphatic carbocycles. The van der Waals surface area contributed by atoms with Crippen LogP contribution in [-0.4, -0.2) is 131 Å². The number of ether oxygens (including phenoxy) is 4. The molecule has 2 saturated heterocycles. The van der Waals surface area contributed by atoms with Gasteiger partial charge in [-0.3, -0.25) is 14.3 Å². The van der Waals surface area contributed by atoms with Gasteiger partial charge >= 0.3 is 11.9 Å². The van der Waals surface area contributed by atoms with Gasteiger partial charge in [0.25, 0.3) is 10.0 Å². The van der Waals surface area contributed by atoms with Gasteiger partial charge in [-0.25, -0.2) is 13.2 Å². The van der Waals surface area contributed by atoms with E-state index in [-0.39, 0.29) is 75.8 Å². The SMILES string of the molecule is CCN(CC)C/C=C\c1ccccc1S(=O)(=O)Nc1ccc2c(c1C(=O)O)CCCC2.CO[C@@H]1[C@H](OC(=O)C[C@@H](C(=O)NCCCN(C)C)C(C)C)CC[C@]2(CO2)[C@H]1[C@@]1(C)O[C@@H]1CC=C(C)C. The molecule has 0 unspecified atom stereocenters. The van der Waals surface area contributed by atoms with Gasteiger partial charge in [0.2, 0.25) is 5.91 Å². The lowest BCUT2D eigenvalue weighted by molar-refractivity contribution is -0.173. The number of amides is 1. The number of epoxide rings is 2. The van der Waals surface area contributed by atoms with E-state index in [0.717, 1.165) is 75.8 Å². The fourth-order valence-electron chi connectivity index (χ4n) is 9.87. The third kappa shape index (κ3) is 14.0. The summed E-state index contributed by atoms with van der Waals surface area (Å²) < 4.78 is 53.2. The van der Waals surface area contributed by atoms with Gasteiger partial charge in [0.05, 0.1) is 47.1 Å². The van der Waals surface area contributed by atoms with Crippen LogP contribution in [0.15, 0.2) is 59.0 Å². The molecule has 2 aromatic rings. The maximum Gasteiger partial charge on any atom is 0.338 e. The Morgan fingerprint density at radius 1 is 1.04 bits per heavy atom. The lowest BCUT2D eigenvalue weighted by atomic mass is 9.68. The number of likely N-dealkylation sites (N-methyl/N-ethyl adjacent to an activating group) is 1. The molecule has 0 bridgehead atoms. The molecule has 15 heteroatoms. The van der Waals surface area contributed by atoms with Gasteiger partial charge in [0, 0.05) is 20.2 Å². The first-order chi connectivity index (χ1) is 31.8. The third-order valence-corrected chi connectivity index (χ3v) is 15.3. The minimum atomic E-state index is -3.97. The van der Waals surface area contributed by atoms with Gasteiger partial charge < -0.3 is 39.2 Å². The Hall–Kier alpha value is -4.12. The molecule has 1 amide bonds. The number of nitrogens with one attached hydrogen (secondary N) is 2. The second-order valence-electron chi connectivity index (χ2n) is 19.6. The smallest absolute Gasteiger partial charge is 0.338 e. The van der Waals surface area contributed by atoms with Crippen LogP contribution in [0.3, 0.4) is 0 Å². The van der Waals surface area contributed by atoms with Crippen LogP contribution in [0.5, 0.6) is 0 Å². The average molecular weight is 951 g/mol. The van der Waals surface area contributed by atoms with E-state index in [1.807, 2.05) is 40.1 Å². The van der Waals surface area contributed by atoms with Crippen molar-refractivity contribution in [3.05, 3.63) is 76.4 Å². The number of sulfonamides is 1. The summed E-state index contributed by atoms with van der Waals surface area (Å²) in [7, 11) is 1.72. The third-order valence-electron chi connectivity index (χ3n) is 13.9. The van der Waals surface area contributed by atoms with E-state index >= 15 is 0 Å². The van der Waals surface area contributed by atoms with Crippen molar-refractivity contribution in [2.45, 2.75) is 141 Å². The number of benzene rings is 2. The molecule has 372 valence electrons. The van der Waals surface area contributed by atoms with Crippen molar-refractivity contribution in [3.63, 3.8) is 0 Å². The molecule has 67 heavy (non-hydrogen) atoms. The van der Waals surface area contributed by atoms with Crippen molar-refractivity contribution >= 4 is 39.6 Å². The Balaban J connectivity index is 0.000000254. The van der Waals surface area contributed by atoms with Crippen LogP contribution >= 0.6 is 0 Å². The standard InChI is InChI=1S/C28H48N2O6.C24H30N2O4S/c1-18(2)10-11-22-27(5,36-22)25-24(33-8)21(12-13-28(25)17-34-28)35-23(31)16-20(19(3)4)26(32)29-14-9-15-30(6)7;1-3-26(4-2)17-9-12-19-11-6-8-14-22(19)31(29,30)25-21-16-15-18-10-5-7-13-20(18)23(21)24(27)28/h10,19-22,24-25H,9,11-17H2,1-8H3,(H,29,32);6,8-9,11-12,14-16,25H,3-5,7,10,13,17H2,1-2H3,(H,27,28)/b;12-9-/t20-,21-,22-,24-,25-,27+,28+;/m1./s1. The predicted molar refractivity (Wildman–Crippen MR) is 263 cm³/mol. The zero-order valence-corrected chi connectivity index (χ0v) is 42.5. The Labute approximate surface area is 400 Å². The van der Waals surface area contributed by atoms with Crippen molar-refractivity contribution in [3.8, 4) is 0 Å². The van der Waals surface area contributed by atoms with E-state index in [4.69, 9.17) is 18.9 Å². The molecule has 2 aliphatic heterocycles. The molecule has 2 heterocycles. The number of carbonyl (C=O) groups excluding carboxylic acids is 2. The van der Waals surface area contributed by atoms with Gasteiger partial charge in [-0.15, -0.1) is 0 Å². The van der Waals surface area contributed by atoms with Gasteiger partial charge in [0.1, 0.15) is 23.4 Å². The topological polar surface area (TPSA) is 180 Å². The fraction of sp³-hybridized carbons (Fsp3) is 0.635. The van der Waals surface area contributed by atoms with E-state index in [9.17, 15) is 27.9 Å². The molecule has 0 aromatic heterocycles. The number of aromatic carboxylic acids is 1. The number of anilines is 1. The summed E-state index contributed by atoms with van der Waals surface area (Å²) in [6.07, 6.45) is 12.0. The first kappa shape index (κ1) is 53.8. The number of carboxylic acid groups (broad SMARTS) is 1. The van der Waals surface area contributed by atoms with Crippen LogP contribution in [0, 0.1) is 17.8 Å². The van der Waals surface area contributed by atoms with Crippen molar-refractivity contribution in [1.29, 1.82) is 0 Å². The molecule has 1 saturated carbocycles. The highest BCUT2D eigenvalue weighted by molar-refractivity contribution is 7.92. The molecule has 3 fully saturated rings. The summed E-state index contributed by atoms with van der Waals surface area (Å²) in [5.41, 5.74) is 3.12. The van der Waals surface area contributed by atoms with Crippen LogP contribution in [0.25, 0.3) is 6.08 Å². The number of carbonyl (C=O) groups is 3. The second-order valence-corrected chi connectivity index (χ2v) is 21.2. The number of hydrogen-bond donors (Lipinski definition) is 3. The lowest BCUT2D eigenvalue weighted by Crippen LogP contribution is -2.55. The average Bonchev–Trinajstić information content (AvgIpc) is 4.21. The molecule has 4 aliphatic rings. The maximum atomic E-state index is 13.2. The molecular weight excluding hydrogens is 873 g/mol. The van der Waals surface area contributed by atoms with E-state index in [1.54, 1.807) is 37.5 Å². The van der Waals surface area contributed by atoms with Crippen LogP contribution in [0.1, 0.15) is 120 Å². The van der Waals surface area contributed by atoms with Crippen LogP contribution in [0.2, 0.25) is 0 Å². The summed E-state index contributed by atoms with van der Waals surface area (Å²) in [4.78, 5) is 42.3. The van der Waals surface area contributed by atoms with Gasteiger partial charge in [-0.1, -0.05) is 75.8 Å². The molecule has 2 aromatic carbocycles. The van der Waals surface area contributed by atoms with Gasteiger partial charge in [0.15, 0.2) is 0 Å². The summed E-state index contributed by atoms with van der Waals surface area (Å²) in [6, 6.07) is 10.2. The molecule has 1 spiro atoms. The summed E-state index contributed by atoms with van der Waals surface area (Å²) in [6.45, 7) is 19.2. The molecule has 0 radical (unpaired) electrons. The van der Waals surface area contributed by atoms with E-state index in [1.165, 1.54) is 11.6 Å². The fourth-order valence-corrected chi connectivity index (χ4v) is 11.1. The van der Waals surface area contributed by atoms with Crippen LogP contribution in [-0.2, 0) is 51.4 Å². The monoisotopic (exact) mass is 951 g/mol. The van der Waals surface area contributed by atoms with E-state index < -0.39 is 21.9 Å². The molecule has 6 rings (SSSR count). The van der Waals surface area contributed by atoms with E-state index in [2.05, 4.69) is 60.5 Å². The molecule has 14 nitrogen and oxygen atoms in total.